The highest BCUT2D eigenvalue weighted by Crippen LogP contribution is 2.50. The fourth-order valence-electron chi connectivity index (χ4n) is 12.3. The first kappa shape index (κ1) is 62.6. The quantitative estimate of drug-likeness (QED) is 0.0355. The molecule has 3 saturated heterocycles. The summed E-state index contributed by atoms with van der Waals surface area (Å²) in [6.07, 6.45) is 2.15. The topological polar surface area (TPSA) is 183 Å². The van der Waals surface area contributed by atoms with Crippen molar-refractivity contribution < 1.29 is 38.3 Å². The minimum Gasteiger partial charge on any atom is -0.458 e. The molecule has 7 aromatic rings. The predicted molar refractivity (Wildman–Crippen MR) is 346 cm³/mol. The molecule has 0 spiro atoms. The van der Waals surface area contributed by atoms with Gasteiger partial charge in [0.1, 0.15) is 41.9 Å². The Morgan fingerprint density at radius 2 is 0.898 bits per heavy atom. The van der Waals surface area contributed by atoms with Crippen LogP contribution in [0.2, 0.25) is 0 Å². The van der Waals surface area contributed by atoms with Gasteiger partial charge in [0.25, 0.3) is 0 Å². The number of benzene rings is 7. The van der Waals surface area contributed by atoms with Gasteiger partial charge >= 0.3 is 5.97 Å². The van der Waals surface area contributed by atoms with Crippen molar-refractivity contribution in [2.24, 2.45) is 0 Å². The van der Waals surface area contributed by atoms with E-state index in [9.17, 15) is 19.2 Å². The fourth-order valence-corrected chi connectivity index (χ4v) is 15.4. The average molecular weight is 1220 g/mol. The molecule has 0 saturated carbocycles. The number of hydrogen-bond acceptors (Lipinski definition) is 10. The Labute approximate surface area is 524 Å². The van der Waals surface area contributed by atoms with E-state index < -0.39 is 86.9 Å². The van der Waals surface area contributed by atoms with Crippen molar-refractivity contribution in [1.29, 1.82) is 0 Å². The lowest BCUT2D eigenvalue weighted by molar-refractivity contribution is -0.158. The lowest BCUT2D eigenvalue weighted by Gasteiger charge is -2.37. The molecule has 3 aliphatic rings. The van der Waals surface area contributed by atoms with E-state index in [0.29, 0.717) is 25.7 Å². The van der Waals surface area contributed by atoms with Crippen LogP contribution in [0, 0.1) is 0 Å². The average Bonchev–Trinajstić information content (AvgIpc) is 1.14. The molecule has 6 atom stereocenters. The molecule has 3 aliphatic heterocycles. The lowest BCUT2D eigenvalue weighted by Crippen LogP contribution is -2.59. The number of carbonyl (C=O) groups is 7. The highest BCUT2D eigenvalue weighted by molar-refractivity contribution is 8.01. The van der Waals surface area contributed by atoms with Crippen LogP contribution in [0.15, 0.2) is 212 Å². The molecule has 3 heterocycles. The highest BCUT2D eigenvalue weighted by atomic mass is 32.2. The molecule has 0 bridgehead atoms. The molecule has 0 radical (unpaired) electrons. The number of amides is 6. The van der Waals surface area contributed by atoms with Crippen LogP contribution in [0.4, 0.5) is 0 Å². The number of likely N-dealkylation sites (tertiary alicyclic amines) is 2. The normalized spacial score (nSPS) is 17.9. The third kappa shape index (κ3) is 14.4. The van der Waals surface area contributed by atoms with Crippen LogP contribution >= 0.6 is 23.5 Å². The van der Waals surface area contributed by atoms with Crippen LogP contribution in [0.5, 0.6) is 0 Å². The molecule has 0 unspecified atom stereocenters. The van der Waals surface area contributed by atoms with Gasteiger partial charge in [-0.1, -0.05) is 212 Å². The molecule has 16 heteroatoms. The number of carbonyl (C=O) groups excluding carboxylic acids is 7. The van der Waals surface area contributed by atoms with E-state index in [1.807, 2.05) is 140 Å². The van der Waals surface area contributed by atoms with E-state index in [2.05, 4.69) is 94.1 Å². The van der Waals surface area contributed by atoms with E-state index in [4.69, 9.17) is 4.74 Å². The van der Waals surface area contributed by atoms with Gasteiger partial charge in [0.15, 0.2) is 0 Å². The first-order valence-corrected chi connectivity index (χ1v) is 32.3. The Morgan fingerprint density at radius 3 is 1.32 bits per heavy atom. The van der Waals surface area contributed by atoms with Crippen molar-refractivity contribution in [3.63, 3.8) is 0 Å². The van der Waals surface area contributed by atoms with Crippen molar-refractivity contribution >= 4 is 64.9 Å². The van der Waals surface area contributed by atoms with E-state index in [1.54, 1.807) is 25.7 Å². The van der Waals surface area contributed by atoms with Crippen LogP contribution in [-0.2, 0) is 54.2 Å². The molecule has 7 aromatic carbocycles. The molecule has 0 aromatic heterocycles. The van der Waals surface area contributed by atoms with Crippen molar-refractivity contribution in [3.05, 3.63) is 251 Å². The maximum absolute atomic E-state index is 15.4. The van der Waals surface area contributed by atoms with Crippen molar-refractivity contribution in [2.45, 2.75) is 117 Å². The van der Waals surface area contributed by atoms with Crippen molar-refractivity contribution in [3.8, 4) is 0 Å². The van der Waals surface area contributed by atoms with Gasteiger partial charge < -0.3 is 35.8 Å². The Bertz CT molecular complexity index is 3320. The van der Waals surface area contributed by atoms with Gasteiger partial charge in [-0.15, -0.1) is 23.5 Å². The number of esters is 1. The third-order valence-corrected chi connectivity index (χ3v) is 19.8. The second-order valence-electron chi connectivity index (χ2n) is 23.6. The van der Waals surface area contributed by atoms with Gasteiger partial charge in [0.2, 0.25) is 35.4 Å². The second-order valence-corrected chi connectivity index (χ2v) is 26.1. The van der Waals surface area contributed by atoms with E-state index in [0.717, 1.165) is 38.9 Å². The summed E-state index contributed by atoms with van der Waals surface area (Å²) >= 11 is 3.01. The van der Waals surface area contributed by atoms with Crippen LogP contribution in [0.3, 0.4) is 0 Å². The van der Waals surface area contributed by atoms with E-state index in [-0.39, 0.29) is 49.8 Å². The van der Waals surface area contributed by atoms with E-state index >= 15 is 14.4 Å². The van der Waals surface area contributed by atoms with Gasteiger partial charge in [0, 0.05) is 37.4 Å². The molecule has 0 aliphatic carbocycles. The number of thioether (sulfide) groups is 2. The molecule has 14 nitrogen and oxygen atoms in total. The van der Waals surface area contributed by atoms with Gasteiger partial charge in [-0.25, -0.2) is 4.79 Å². The fraction of sp³-hybridized carbons (Fsp3) is 0.319. The highest BCUT2D eigenvalue weighted by Gasteiger charge is 2.47. The van der Waals surface area contributed by atoms with Crippen LogP contribution in [-0.4, -0.2) is 118 Å². The summed E-state index contributed by atoms with van der Waals surface area (Å²) in [5.74, 6) is -3.23. The summed E-state index contributed by atoms with van der Waals surface area (Å²) in [6, 6.07) is 63.2. The molecule has 4 N–H and O–H groups in total. The minimum absolute atomic E-state index is 0.0654. The summed E-state index contributed by atoms with van der Waals surface area (Å²) in [4.78, 5) is 105. The number of ether oxygens (including phenoxy) is 1. The standard InChI is InChI=1S/C72H76N6O8S2/c1-70(2,3)86-69(85)60(49-88-72(54-35-19-8-20-36-54,55-37-21-9-22-38-55)56-39-23-10-24-40-56)76-65(81)58(47-50-27-11-4-12-28-50)74-66(82)61-41-25-45-77(61)68(84)62-42-26-46-78(62)67(83)59(75-64(80)57-43-44-63(79)73-57)48-87-71(51-29-13-5-14-30-51,52-31-15-6-16-32-52)53-33-17-7-18-34-53/h4-24,27-40,57-62H,25-26,41-49H2,1-3H3,(H,73,79)(H,74,82)(H,75,80)(H,76,81)/t57-,58-,59-,60-,61-,62-/m0/s1. The summed E-state index contributed by atoms with van der Waals surface area (Å²) in [6.45, 7) is 5.79. The molecule has 3 fully saturated rings. The lowest BCUT2D eigenvalue weighted by atomic mass is 9.84. The van der Waals surface area contributed by atoms with Crippen molar-refractivity contribution in [2.75, 3.05) is 24.6 Å². The maximum atomic E-state index is 15.4. The SMILES string of the molecule is CC(C)(C)OC(=O)[C@H](CSC(c1ccccc1)(c1ccccc1)c1ccccc1)NC(=O)[C@H](Cc1ccccc1)NC(=O)[C@@H]1CCCN1C(=O)[C@@H]1CCCN1C(=O)[C@H](CSC(c1ccccc1)(c1ccccc1)c1ccccc1)NC(=O)[C@@H]1CCC(=O)N1. The summed E-state index contributed by atoms with van der Waals surface area (Å²) in [7, 11) is 0. The van der Waals surface area contributed by atoms with Gasteiger partial charge in [-0.05, 0) is 91.8 Å². The second kappa shape index (κ2) is 28.6. The molecule has 6 amide bonds. The zero-order valence-electron chi connectivity index (χ0n) is 49.9. The first-order valence-electron chi connectivity index (χ1n) is 30.3. The maximum Gasteiger partial charge on any atom is 0.330 e. The Kier molecular flexibility index (Phi) is 20.3. The zero-order valence-corrected chi connectivity index (χ0v) is 51.6. The van der Waals surface area contributed by atoms with Gasteiger partial charge in [-0.3, -0.25) is 28.8 Å². The Morgan fingerprint density at radius 1 is 0.500 bits per heavy atom. The van der Waals surface area contributed by atoms with Crippen LogP contribution in [0.1, 0.15) is 98.2 Å². The summed E-state index contributed by atoms with van der Waals surface area (Å²) in [5.41, 5.74) is 5.64. The summed E-state index contributed by atoms with van der Waals surface area (Å²) in [5, 5.41) is 11.9. The molecule has 454 valence electrons. The van der Waals surface area contributed by atoms with Crippen LogP contribution < -0.4 is 21.3 Å². The van der Waals surface area contributed by atoms with E-state index in [1.165, 1.54) is 28.4 Å². The molecular formula is C72H76N6O8S2. The van der Waals surface area contributed by atoms with Gasteiger partial charge in [-0.2, -0.15) is 0 Å². The molecule has 88 heavy (non-hydrogen) atoms. The Balaban J connectivity index is 0.910. The minimum atomic E-state index is -1.20. The monoisotopic (exact) mass is 1220 g/mol. The van der Waals surface area contributed by atoms with Gasteiger partial charge in [0.05, 0.1) is 9.49 Å². The zero-order chi connectivity index (χ0) is 61.7. The third-order valence-electron chi connectivity index (χ3n) is 16.5. The number of nitrogens with zero attached hydrogens (tertiary/aromatic N) is 2. The molecular weight excluding hydrogens is 1140 g/mol. The largest absolute Gasteiger partial charge is 0.458 e. The Hall–Kier alpha value is -8.47. The summed E-state index contributed by atoms with van der Waals surface area (Å²) < 4.78 is 4.34. The predicted octanol–water partition coefficient (Wildman–Crippen LogP) is 9.74. The number of rotatable bonds is 23. The molecule has 10 rings (SSSR count). The van der Waals surface area contributed by atoms with Crippen molar-refractivity contribution in [1.82, 2.24) is 31.1 Å². The first-order chi connectivity index (χ1) is 42.6. The smallest absolute Gasteiger partial charge is 0.330 e. The number of hydrogen-bond donors (Lipinski definition) is 4. The number of nitrogens with one attached hydrogen (secondary N) is 4. The van der Waals surface area contributed by atoms with Crippen LogP contribution in [0.25, 0.3) is 0 Å².